The van der Waals surface area contributed by atoms with Crippen LogP contribution in [0.2, 0.25) is 0 Å². The lowest BCUT2D eigenvalue weighted by atomic mass is 9.93. The molecule has 20 heavy (non-hydrogen) atoms. The zero-order chi connectivity index (χ0) is 15.1. The fourth-order valence-electron chi connectivity index (χ4n) is 1.68. The maximum atomic E-state index is 13.1. The van der Waals surface area contributed by atoms with Crippen LogP contribution in [-0.2, 0) is 11.6 Å². The molecule has 0 aliphatic rings. The third-order valence-corrected chi connectivity index (χ3v) is 4.16. The zero-order valence-corrected chi connectivity index (χ0v) is 13.6. The number of rotatable bonds is 1. The van der Waals surface area contributed by atoms with E-state index in [4.69, 9.17) is 0 Å². The zero-order valence-electron chi connectivity index (χ0n) is 11.2. The molecule has 0 N–H and O–H groups in total. The van der Waals surface area contributed by atoms with Crippen molar-refractivity contribution in [2.75, 3.05) is 0 Å². The average Bonchev–Trinajstić information content (AvgIpc) is 2.76. The third kappa shape index (κ3) is 3.23. The summed E-state index contributed by atoms with van der Waals surface area (Å²) in [7, 11) is 0. The number of halogens is 4. The largest absolute Gasteiger partial charge is 0.417 e. The van der Waals surface area contributed by atoms with Gasteiger partial charge in [0.1, 0.15) is 5.01 Å². The highest BCUT2D eigenvalue weighted by Gasteiger charge is 2.34. The van der Waals surface area contributed by atoms with E-state index in [0.717, 1.165) is 11.8 Å². The molecule has 0 spiro atoms. The molecular formula is C14H13BrF3NS. The Balaban J connectivity index is 2.56. The average molecular weight is 364 g/mol. The summed E-state index contributed by atoms with van der Waals surface area (Å²) in [5.41, 5.74) is 0.0825. The van der Waals surface area contributed by atoms with Crippen molar-refractivity contribution in [1.29, 1.82) is 0 Å². The van der Waals surface area contributed by atoms with Crippen LogP contribution in [0.25, 0.3) is 10.6 Å². The lowest BCUT2D eigenvalue weighted by Gasteiger charge is -2.15. The predicted molar refractivity (Wildman–Crippen MR) is 79.0 cm³/mol. The monoisotopic (exact) mass is 363 g/mol. The lowest BCUT2D eigenvalue weighted by Crippen LogP contribution is -2.11. The smallest absolute Gasteiger partial charge is 0.241 e. The van der Waals surface area contributed by atoms with Crippen molar-refractivity contribution in [3.8, 4) is 10.6 Å². The van der Waals surface area contributed by atoms with E-state index in [1.165, 1.54) is 17.4 Å². The van der Waals surface area contributed by atoms with Crippen LogP contribution in [0.1, 0.15) is 32.0 Å². The summed E-state index contributed by atoms with van der Waals surface area (Å²) in [5, 5.41) is 2.21. The van der Waals surface area contributed by atoms with Gasteiger partial charge in [-0.25, -0.2) is 4.98 Å². The Labute approximate surface area is 128 Å². The molecule has 2 rings (SSSR count). The second-order valence-electron chi connectivity index (χ2n) is 5.48. The topological polar surface area (TPSA) is 12.9 Å². The van der Waals surface area contributed by atoms with E-state index in [9.17, 15) is 13.2 Å². The highest BCUT2D eigenvalue weighted by atomic mass is 79.9. The molecule has 2 aromatic rings. The minimum Gasteiger partial charge on any atom is -0.241 e. The van der Waals surface area contributed by atoms with Gasteiger partial charge >= 0.3 is 6.18 Å². The second kappa shape index (κ2) is 5.15. The van der Waals surface area contributed by atoms with Crippen molar-refractivity contribution >= 4 is 27.3 Å². The van der Waals surface area contributed by atoms with Crippen molar-refractivity contribution in [3.63, 3.8) is 0 Å². The first-order chi connectivity index (χ1) is 9.09. The van der Waals surface area contributed by atoms with E-state index < -0.39 is 11.7 Å². The summed E-state index contributed by atoms with van der Waals surface area (Å²) in [6, 6.07) is 4.15. The maximum absolute atomic E-state index is 13.1. The van der Waals surface area contributed by atoms with Gasteiger partial charge in [0.15, 0.2) is 0 Å². The fourth-order valence-corrected chi connectivity index (χ4v) is 3.13. The molecular weight excluding hydrogens is 351 g/mol. The number of hydrogen-bond acceptors (Lipinski definition) is 2. The van der Waals surface area contributed by atoms with Crippen LogP contribution < -0.4 is 0 Å². The van der Waals surface area contributed by atoms with Gasteiger partial charge in [-0.05, 0) is 12.1 Å². The minimum atomic E-state index is -4.40. The molecule has 1 aromatic carbocycles. The molecule has 0 saturated heterocycles. The first-order valence-corrected chi connectivity index (χ1v) is 7.59. The molecule has 1 nitrogen and oxygen atoms in total. The summed E-state index contributed by atoms with van der Waals surface area (Å²) in [5.74, 6) is 0. The van der Waals surface area contributed by atoms with Crippen LogP contribution in [0.3, 0.4) is 0 Å². The molecule has 0 aliphatic heterocycles. The Kier molecular flexibility index (Phi) is 3.99. The molecule has 6 heteroatoms. The summed E-state index contributed by atoms with van der Waals surface area (Å²) in [4.78, 5) is 4.36. The van der Waals surface area contributed by atoms with E-state index in [0.29, 0.717) is 9.48 Å². The highest BCUT2D eigenvalue weighted by molar-refractivity contribution is 9.10. The van der Waals surface area contributed by atoms with Gasteiger partial charge < -0.3 is 0 Å². The molecule has 108 valence electrons. The SMILES string of the molecule is CC(C)(C)c1csc(-c2ccc(Br)cc2C(F)(F)F)n1. The van der Waals surface area contributed by atoms with Gasteiger partial charge in [-0.2, -0.15) is 13.2 Å². The van der Waals surface area contributed by atoms with Gasteiger partial charge in [0, 0.05) is 20.8 Å². The molecule has 0 amide bonds. The molecule has 1 aromatic heterocycles. The Morgan fingerprint density at radius 3 is 2.30 bits per heavy atom. The molecule has 0 radical (unpaired) electrons. The number of thiazole rings is 1. The number of hydrogen-bond donors (Lipinski definition) is 0. The Morgan fingerprint density at radius 2 is 1.80 bits per heavy atom. The van der Waals surface area contributed by atoms with Crippen molar-refractivity contribution in [2.24, 2.45) is 0 Å². The third-order valence-electron chi connectivity index (χ3n) is 2.79. The molecule has 0 atom stereocenters. The van der Waals surface area contributed by atoms with Gasteiger partial charge in [0.05, 0.1) is 11.3 Å². The first kappa shape index (κ1) is 15.5. The lowest BCUT2D eigenvalue weighted by molar-refractivity contribution is -0.137. The van der Waals surface area contributed by atoms with Crippen LogP contribution >= 0.6 is 27.3 Å². The van der Waals surface area contributed by atoms with E-state index >= 15 is 0 Å². The standard InChI is InChI=1S/C14H13BrF3NS/c1-13(2,3)11-7-20-12(19-11)9-5-4-8(15)6-10(9)14(16,17)18/h4-7H,1-3H3. The van der Waals surface area contributed by atoms with Crippen LogP contribution in [0.4, 0.5) is 13.2 Å². The number of benzene rings is 1. The molecule has 0 aliphatic carbocycles. The molecule has 1 heterocycles. The van der Waals surface area contributed by atoms with Crippen LogP contribution in [0.5, 0.6) is 0 Å². The van der Waals surface area contributed by atoms with E-state index in [-0.39, 0.29) is 11.0 Å². The van der Waals surface area contributed by atoms with Crippen LogP contribution in [0.15, 0.2) is 28.1 Å². The van der Waals surface area contributed by atoms with Crippen LogP contribution in [0, 0.1) is 0 Å². The van der Waals surface area contributed by atoms with Crippen molar-refractivity contribution in [1.82, 2.24) is 4.98 Å². The maximum Gasteiger partial charge on any atom is 0.417 e. The van der Waals surface area contributed by atoms with Gasteiger partial charge in [0.2, 0.25) is 0 Å². The minimum absolute atomic E-state index is 0.126. The first-order valence-electron chi connectivity index (χ1n) is 5.92. The van der Waals surface area contributed by atoms with Crippen molar-refractivity contribution in [2.45, 2.75) is 32.4 Å². The van der Waals surface area contributed by atoms with E-state index in [1.54, 1.807) is 6.07 Å². The fraction of sp³-hybridized carbons (Fsp3) is 0.357. The second-order valence-corrected chi connectivity index (χ2v) is 7.25. The predicted octanol–water partition coefficient (Wildman–Crippen LogP) is 5.89. The summed E-state index contributed by atoms with van der Waals surface area (Å²) in [6.45, 7) is 5.95. The number of aromatic nitrogens is 1. The molecule has 0 saturated carbocycles. The Morgan fingerprint density at radius 1 is 1.15 bits per heavy atom. The quantitative estimate of drug-likeness (QED) is 0.615. The number of alkyl halides is 3. The summed E-state index contributed by atoms with van der Waals surface area (Å²) < 4.78 is 39.7. The van der Waals surface area contributed by atoms with Gasteiger partial charge in [-0.1, -0.05) is 42.8 Å². The molecule has 0 bridgehead atoms. The van der Waals surface area contributed by atoms with Crippen molar-refractivity contribution < 1.29 is 13.2 Å². The van der Waals surface area contributed by atoms with Gasteiger partial charge in [0.25, 0.3) is 0 Å². The van der Waals surface area contributed by atoms with E-state index in [1.807, 2.05) is 26.2 Å². The highest BCUT2D eigenvalue weighted by Crippen LogP contribution is 2.40. The van der Waals surface area contributed by atoms with Gasteiger partial charge in [-0.15, -0.1) is 11.3 Å². The van der Waals surface area contributed by atoms with Crippen molar-refractivity contribution in [3.05, 3.63) is 39.3 Å². The molecule has 0 fully saturated rings. The van der Waals surface area contributed by atoms with Crippen LogP contribution in [-0.4, -0.2) is 4.98 Å². The normalized spacial score (nSPS) is 12.8. The summed E-state index contributed by atoms with van der Waals surface area (Å²) >= 11 is 4.32. The number of nitrogens with zero attached hydrogens (tertiary/aromatic N) is 1. The Hall–Kier alpha value is -0.880. The molecule has 0 unspecified atom stereocenters. The summed E-state index contributed by atoms with van der Waals surface area (Å²) in [6.07, 6.45) is -4.40. The van der Waals surface area contributed by atoms with E-state index in [2.05, 4.69) is 20.9 Å². The van der Waals surface area contributed by atoms with Gasteiger partial charge in [-0.3, -0.25) is 0 Å². The Bertz CT molecular complexity index is 626.